The van der Waals surface area contributed by atoms with E-state index in [0.29, 0.717) is 0 Å². The molecule has 5 aromatic rings. The van der Waals surface area contributed by atoms with Gasteiger partial charge in [0.1, 0.15) is 0 Å². The average molecular weight is 653 g/mol. The minimum Gasteiger partial charge on any atom is -0.724 e. The van der Waals surface area contributed by atoms with Crippen LogP contribution in [0, 0.1) is 18.6 Å². The predicted octanol–water partition coefficient (Wildman–Crippen LogP) is 7.24. The number of benzene rings is 5. The van der Waals surface area contributed by atoms with Gasteiger partial charge in [-0.15, -0.1) is 0 Å². The fourth-order valence-corrected chi connectivity index (χ4v) is 9.50. The number of rotatable bonds is 7. The summed E-state index contributed by atoms with van der Waals surface area (Å²) in [5.74, 6) is 2.77. The van der Waals surface area contributed by atoms with Crippen molar-refractivity contribution in [3.8, 4) is 11.2 Å². The standard InChI is InChI=1S/C26H24P2.C8H6S.CH3.Pd/c1-5-13-23(14-6-1)27(24-15-7-2-8-16-24)21-22-28(25-17-9-3-10-18-25)26-19-11-4-12-20-26;9-7-6-8-4-2-1-3-5-8;;/h1-20H,21-22H2;1-5,9H;1H3;/q;;-1;+2/p-1. The summed E-state index contributed by atoms with van der Waals surface area (Å²) in [5.41, 5.74) is 0.979. The van der Waals surface area contributed by atoms with E-state index in [1.807, 2.05) is 30.3 Å². The van der Waals surface area contributed by atoms with Crippen molar-refractivity contribution in [2.24, 2.45) is 0 Å². The van der Waals surface area contributed by atoms with Gasteiger partial charge in [0.25, 0.3) is 0 Å². The molecular weight excluding hydrogens is 621 g/mol. The molecule has 0 saturated carbocycles. The summed E-state index contributed by atoms with van der Waals surface area (Å²) in [6, 6.07) is 53.9. The van der Waals surface area contributed by atoms with Gasteiger partial charge in [-0.3, -0.25) is 0 Å². The van der Waals surface area contributed by atoms with E-state index in [2.05, 4.69) is 145 Å². The molecule has 0 aliphatic rings. The Balaban J connectivity index is 0.000000416. The molecule has 0 heterocycles. The molecule has 0 N–H and O–H groups in total. The quantitative estimate of drug-likeness (QED) is 0.0587. The summed E-state index contributed by atoms with van der Waals surface area (Å²) in [7, 11) is -0.696. The maximum Gasteiger partial charge on any atom is 2.00 e. The van der Waals surface area contributed by atoms with Crippen LogP contribution in [0.3, 0.4) is 0 Å². The van der Waals surface area contributed by atoms with Crippen LogP contribution in [0.1, 0.15) is 5.56 Å². The summed E-state index contributed by atoms with van der Waals surface area (Å²) in [4.78, 5) is 0. The van der Waals surface area contributed by atoms with E-state index in [1.54, 1.807) is 0 Å². The molecule has 0 nitrogen and oxygen atoms in total. The van der Waals surface area contributed by atoms with E-state index >= 15 is 0 Å². The van der Waals surface area contributed by atoms with Gasteiger partial charge in [0.05, 0.1) is 0 Å². The van der Waals surface area contributed by atoms with Gasteiger partial charge in [-0.1, -0.05) is 145 Å². The first kappa shape index (κ1) is 32.6. The molecule has 0 bridgehead atoms. The smallest absolute Gasteiger partial charge is 0.724 e. The van der Waals surface area contributed by atoms with Crippen LogP contribution in [-0.4, -0.2) is 12.3 Å². The zero-order valence-corrected chi connectivity index (χ0v) is 26.1. The Morgan fingerprint density at radius 3 is 0.949 bits per heavy atom. The van der Waals surface area contributed by atoms with Crippen molar-refractivity contribution >= 4 is 49.7 Å². The maximum atomic E-state index is 4.47. The van der Waals surface area contributed by atoms with Crippen LogP contribution in [-0.2, 0) is 33.1 Å². The van der Waals surface area contributed by atoms with Gasteiger partial charge >= 0.3 is 20.4 Å². The Hall–Kier alpha value is -2.60. The molecule has 5 rings (SSSR count). The van der Waals surface area contributed by atoms with Crippen LogP contribution in [0.25, 0.3) is 0 Å². The van der Waals surface area contributed by atoms with Crippen molar-refractivity contribution < 1.29 is 20.4 Å². The van der Waals surface area contributed by atoms with Crippen LogP contribution in [0.2, 0.25) is 0 Å². The molecule has 0 spiro atoms. The Kier molecular flexibility index (Phi) is 15.6. The van der Waals surface area contributed by atoms with Gasteiger partial charge in [0, 0.05) is 5.56 Å². The first-order valence-electron chi connectivity index (χ1n) is 12.3. The van der Waals surface area contributed by atoms with Crippen molar-refractivity contribution in [2.75, 3.05) is 12.3 Å². The zero-order valence-electron chi connectivity index (χ0n) is 22.0. The van der Waals surface area contributed by atoms with Crippen LogP contribution >= 0.6 is 15.8 Å². The predicted molar refractivity (Wildman–Crippen MR) is 175 cm³/mol. The minimum absolute atomic E-state index is 0. The molecule has 39 heavy (non-hydrogen) atoms. The van der Waals surface area contributed by atoms with E-state index in [1.165, 1.54) is 33.5 Å². The Morgan fingerprint density at radius 1 is 0.436 bits per heavy atom. The second-order valence-electron chi connectivity index (χ2n) is 8.24. The SMILES string of the molecule is [CH3-].[Pd+2].[S-]C#Cc1ccccc1.c1ccc(P(CCP(c2ccccc2)c2ccccc2)c2ccccc2)cc1. The van der Waals surface area contributed by atoms with Gasteiger partial charge in [0.2, 0.25) is 0 Å². The fraction of sp³-hybridized carbons (Fsp3) is 0.0571. The molecule has 198 valence electrons. The second kappa shape index (κ2) is 18.6. The third-order valence-corrected chi connectivity index (χ3v) is 11.3. The monoisotopic (exact) mass is 652 g/mol. The first-order chi connectivity index (χ1) is 18.3. The van der Waals surface area contributed by atoms with Gasteiger partial charge in [0.15, 0.2) is 0 Å². The van der Waals surface area contributed by atoms with Gasteiger partial charge < -0.3 is 20.1 Å². The normalized spacial score (nSPS) is 9.69. The zero-order chi connectivity index (χ0) is 25.5. The summed E-state index contributed by atoms with van der Waals surface area (Å²) >= 11 is 4.47. The third-order valence-electron chi connectivity index (χ3n) is 5.79. The molecule has 0 aromatic heterocycles. The fourth-order valence-electron chi connectivity index (χ4n) is 4.03. The molecule has 0 atom stereocenters. The summed E-state index contributed by atoms with van der Waals surface area (Å²) in [6.07, 6.45) is 2.41. The summed E-state index contributed by atoms with van der Waals surface area (Å²) in [6.45, 7) is 0. The van der Waals surface area contributed by atoms with E-state index in [4.69, 9.17) is 0 Å². The van der Waals surface area contributed by atoms with Crippen molar-refractivity contribution in [2.45, 2.75) is 0 Å². The Labute approximate surface area is 256 Å². The first-order valence-corrected chi connectivity index (χ1v) is 15.7. The van der Waals surface area contributed by atoms with Crippen LogP contribution < -0.4 is 21.2 Å². The van der Waals surface area contributed by atoms with E-state index in [0.717, 1.165) is 5.56 Å². The largest absolute Gasteiger partial charge is 2.00 e. The van der Waals surface area contributed by atoms with Crippen molar-refractivity contribution in [1.29, 1.82) is 0 Å². The van der Waals surface area contributed by atoms with E-state index in [9.17, 15) is 0 Å². The topological polar surface area (TPSA) is 0 Å². The van der Waals surface area contributed by atoms with E-state index < -0.39 is 0 Å². The van der Waals surface area contributed by atoms with Gasteiger partial charge in [-0.05, 0) is 61.5 Å². The molecule has 0 aliphatic carbocycles. The van der Waals surface area contributed by atoms with Gasteiger partial charge in [-0.2, -0.15) is 0 Å². The molecule has 0 amide bonds. The van der Waals surface area contributed by atoms with Crippen LogP contribution in [0.15, 0.2) is 152 Å². The van der Waals surface area contributed by atoms with Crippen LogP contribution in [0.5, 0.6) is 0 Å². The summed E-state index contributed by atoms with van der Waals surface area (Å²) < 4.78 is 0. The number of hydrogen-bond acceptors (Lipinski definition) is 1. The molecule has 0 unspecified atom stereocenters. The second-order valence-corrected chi connectivity index (χ2v) is 13.1. The van der Waals surface area contributed by atoms with Gasteiger partial charge in [-0.25, -0.2) is 5.25 Å². The molecular formula is C35H32P2PdS. The Morgan fingerprint density at radius 2 is 0.692 bits per heavy atom. The molecule has 0 radical (unpaired) electrons. The molecule has 4 heteroatoms. The molecule has 0 saturated heterocycles. The van der Waals surface area contributed by atoms with Crippen molar-refractivity contribution in [1.82, 2.24) is 0 Å². The maximum absolute atomic E-state index is 4.47. The van der Waals surface area contributed by atoms with Crippen molar-refractivity contribution in [3.63, 3.8) is 0 Å². The minimum atomic E-state index is -0.348. The average Bonchev–Trinajstić information content (AvgIpc) is 2.98. The molecule has 0 fully saturated rings. The Bertz CT molecular complexity index is 1210. The number of hydrogen-bond donors (Lipinski definition) is 0. The third kappa shape index (κ3) is 10.5. The molecule has 5 aromatic carbocycles. The molecule has 0 aliphatic heterocycles. The van der Waals surface area contributed by atoms with E-state index in [-0.39, 0.29) is 43.7 Å². The van der Waals surface area contributed by atoms with Crippen LogP contribution in [0.4, 0.5) is 0 Å². The summed E-state index contributed by atoms with van der Waals surface area (Å²) in [5, 5.41) is 8.31. The van der Waals surface area contributed by atoms with Crippen molar-refractivity contribution in [3.05, 3.63) is 165 Å².